The summed E-state index contributed by atoms with van der Waals surface area (Å²) in [5.41, 5.74) is 4.23. The number of rotatable bonds is 2. The van der Waals surface area contributed by atoms with Crippen LogP contribution in [0.5, 0.6) is 0 Å². The molecule has 2 rings (SSSR count). The molecule has 4 heteroatoms. The van der Waals surface area contributed by atoms with E-state index in [9.17, 15) is 0 Å². The molecule has 0 bridgehead atoms. The zero-order valence-electron chi connectivity index (χ0n) is 8.74. The monoisotopic (exact) mass is 221 g/mol. The number of nitrogens with zero attached hydrogens (tertiary/aromatic N) is 3. The van der Waals surface area contributed by atoms with Gasteiger partial charge < -0.3 is 4.57 Å². The van der Waals surface area contributed by atoms with Crippen molar-refractivity contribution in [2.75, 3.05) is 0 Å². The summed E-state index contributed by atoms with van der Waals surface area (Å²) >= 11 is 5.87. The second-order valence-electron chi connectivity index (χ2n) is 3.42. The third-order valence-corrected chi connectivity index (χ3v) is 2.82. The summed E-state index contributed by atoms with van der Waals surface area (Å²) < 4.78 is 2.04. The molecule has 0 aromatic carbocycles. The third kappa shape index (κ3) is 1.75. The first-order valence-electron chi connectivity index (χ1n) is 4.74. The zero-order valence-corrected chi connectivity index (χ0v) is 9.49. The van der Waals surface area contributed by atoms with Gasteiger partial charge in [-0.1, -0.05) is 0 Å². The molecule has 0 unspecified atom stereocenters. The van der Waals surface area contributed by atoms with Crippen LogP contribution in [-0.4, -0.2) is 14.5 Å². The molecular formula is C11H12ClN3. The standard InChI is InChI=1S/C11H12ClN3/c1-8-9(2)15(7-14-8)11-3-4-13-6-10(11)5-12/h3-4,6-7H,5H2,1-2H3. The summed E-state index contributed by atoms with van der Waals surface area (Å²) in [6, 6.07) is 1.95. The minimum absolute atomic E-state index is 0.458. The number of aromatic nitrogens is 3. The Labute approximate surface area is 93.7 Å². The van der Waals surface area contributed by atoms with Crippen molar-refractivity contribution < 1.29 is 0 Å². The molecule has 0 fully saturated rings. The Kier molecular flexibility index (Phi) is 2.73. The van der Waals surface area contributed by atoms with Gasteiger partial charge in [-0.05, 0) is 19.9 Å². The van der Waals surface area contributed by atoms with Crippen molar-refractivity contribution >= 4 is 11.6 Å². The van der Waals surface area contributed by atoms with E-state index in [2.05, 4.69) is 9.97 Å². The lowest BCUT2D eigenvalue weighted by Gasteiger charge is -2.09. The molecule has 0 aliphatic heterocycles. The number of halogens is 1. The molecule has 2 aromatic rings. The lowest BCUT2D eigenvalue weighted by molar-refractivity contribution is 0.976. The Hall–Kier alpha value is -1.35. The Bertz CT molecular complexity index is 476. The number of pyridine rings is 1. The largest absolute Gasteiger partial charge is 0.303 e. The normalized spacial score (nSPS) is 10.6. The lowest BCUT2D eigenvalue weighted by Crippen LogP contribution is -1.99. The van der Waals surface area contributed by atoms with Crippen LogP contribution in [0.15, 0.2) is 24.8 Å². The van der Waals surface area contributed by atoms with Crippen LogP contribution in [0.4, 0.5) is 0 Å². The number of hydrogen-bond donors (Lipinski definition) is 0. The van der Waals surface area contributed by atoms with E-state index in [0.717, 1.165) is 22.6 Å². The molecule has 0 saturated heterocycles. The summed E-state index contributed by atoms with van der Waals surface area (Å²) in [5, 5.41) is 0. The molecule has 2 aromatic heterocycles. The minimum Gasteiger partial charge on any atom is -0.303 e. The molecule has 0 aliphatic rings. The number of imidazole rings is 1. The topological polar surface area (TPSA) is 30.7 Å². The number of aryl methyl sites for hydroxylation is 1. The molecule has 0 atom stereocenters. The zero-order chi connectivity index (χ0) is 10.8. The molecular weight excluding hydrogens is 210 g/mol. The van der Waals surface area contributed by atoms with Gasteiger partial charge in [-0.2, -0.15) is 0 Å². The first kappa shape index (κ1) is 10.2. The fraction of sp³-hybridized carbons (Fsp3) is 0.273. The minimum atomic E-state index is 0.458. The Morgan fingerprint density at radius 2 is 2.20 bits per heavy atom. The van der Waals surface area contributed by atoms with E-state index in [1.54, 1.807) is 12.4 Å². The van der Waals surface area contributed by atoms with E-state index in [1.807, 2.05) is 30.8 Å². The van der Waals surface area contributed by atoms with Crippen LogP contribution < -0.4 is 0 Å². The number of alkyl halides is 1. The number of hydrogen-bond acceptors (Lipinski definition) is 2. The third-order valence-electron chi connectivity index (χ3n) is 2.53. The van der Waals surface area contributed by atoms with Crippen LogP contribution >= 0.6 is 11.6 Å². The second-order valence-corrected chi connectivity index (χ2v) is 3.69. The van der Waals surface area contributed by atoms with Gasteiger partial charge in [0.2, 0.25) is 0 Å². The van der Waals surface area contributed by atoms with Crippen LogP contribution in [0.1, 0.15) is 17.0 Å². The van der Waals surface area contributed by atoms with Gasteiger partial charge in [0.25, 0.3) is 0 Å². The molecule has 2 heterocycles. The van der Waals surface area contributed by atoms with Crippen LogP contribution in [0.25, 0.3) is 5.69 Å². The maximum absolute atomic E-state index is 5.87. The van der Waals surface area contributed by atoms with Crippen molar-refractivity contribution in [1.29, 1.82) is 0 Å². The first-order chi connectivity index (χ1) is 7.24. The highest BCUT2D eigenvalue weighted by Crippen LogP contribution is 2.18. The van der Waals surface area contributed by atoms with Crippen LogP contribution in [0.2, 0.25) is 0 Å². The van der Waals surface area contributed by atoms with Crippen molar-refractivity contribution in [2.45, 2.75) is 19.7 Å². The van der Waals surface area contributed by atoms with E-state index < -0.39 is 0 Å². The quantitative estimate of drug-likeness (QED) is 0.730. The van der Waals surface area contributed by atoms with Crippen molar-refractivity contribution in [3.05, 3.63) is 41.7 Å². The highest BCUT2D eigenvalue weighted by atomic mass is 35.5. The van der Waals surface area contributed by atoms with E-state index in [4.69, 9.17) is 11.6 Å². The van der Waals surface area contributed by atoms with Gasteiger partial charge in [0.15, 0.2) is 0 Å². The molecule has 0 spiro atoms. The lowest BCUT2D eigenvalue weighted by atomic mass is 10.2. The van der Waals surface area contributed by atoms with Gasteiger partial charge in [-0.15, -0.1) is 11.6 Å². The second kappa shape index (κ2) is 4.03. The maximum atomic E-state index is 5.87. The van der Waals surface area contributed by atoms with Crippen molar-refractivity contribution in [2.24, 2.45) is 0 Å². The van der Waals surface area contributed by atoms with Gasteiger partial charge in [-0.3, -0.25) is 4.98 Å². The van der Waals surface area contributed by atoms with Crippen LogP contribution in [0, 0.1) is 13.8 Å². The maximum Gasteiger partial charge on any atom is 0.0997 e. The van der Waals surface area contributed by atoms with E-state index >= 15 is 0 Å². The summed E-state index contributed by atoms with van der Waals surface area (Å²) in [5.74, 6) is 0.458. The van der Waals surface area contributed by atoms with Crippen LogP contribution in [-0.2, 0) is 5.88 Å². The van der Waals surface area contributed by atoms with Crippen molar-refractivity contribution in [1.82, 2.24) is 14.5 Å². The van der Waals surface area contributed by atoms with E-state index in [-0.39, 0.29) is 0 Å². The van der Waals surface area contributed by atoms with Crippen molar-refractivity contribution in [3.8, 4) is 5.69 Å². The molecule has 3 nitrogen and oxygen atoms in total. The van der Waals surface area contributed by atoms with Crippen molar-refractivity contribution in [3.63, 3.8) is 0 Å². The fourth-order valence-electron chi connectivity index (χ4n) is 1.50. The Morgan fingerprint density at radius 3 is 2.80 bits per heavy atom. The summed E-state index contributed by atoms with van der Waals surface area (Å²) in [7, 11) is 0. The van der Waals surface area contributed by atoms with Gasteiger partial charge in [0.05, 0.1) is 23.6 Å². The molecule has 0 saturated carbocycles. The van der Waals surface area contributed by atoms with E-state index in [0.29, 0.717) is 5.88 Å². The molecule has 0 amide bonds. The molecule has 0 aliphatic carbocycles. The SMILES string of the molecule is Cc1ncn(-c2ccncc2CCl)c1C. The predicted molar refractivity (Wildman–Crippen MR) is 60.4 cm³/mol. The average molecular weight is 222 g/mol. The fourth-order valence-corrected chi connectivity index (χ4v) is 1.71. The molecule has 0 N–H and O–H groups in total. The summed E-state index contributed by atoms with van der Waals surface area (Å²) in [6.07, 6.45) is 5.37. The molecule has 78 valence electrons. The molecule has 15 heavy (non-hydrogen) atoms. The van der Waals surface area contributed by atoms with Gasteiger partial charge in [-0.25, -0.2) is 4.98 Å². The highest BCUT2D eigenvalue weighted by Gasteiger charge is 2.07. The van der Waals surface area contributed by atoms with Gasteiger partial charge in [0, 0.05) is 23.7 Å². The Morgan fingerprint density at radius 1 is 1.40 bits per heavy atom. The van der Waals surface area contributed by atoms with E-state index in [1.165, 1.54) is 0 Å². The van der Waals surface area contributed by atoms with Crippen LogP contribution in [0.3, 0.4) is 0 Å². The van der Waals surface area contributed by atoms with Gasteiger partial charge in [0.1, 0.15) is 0 Å². The Balaban J connectivity index is 2.58. The van der Waals surface area contributed by atoms with Gasteiger partial charge >= 0.3 is 0 Å². The first-order valence-corrected chi connectivity index (χ1v) is 5.27. The summed E-state index contributed by atoms with van der Waals surface area (Å²) in [6.45, 7) is 4.04. The predicted octanol–water partition coefficient (Wildman–Crippen LogP) is 2.62. The average Bonchev–Trinajstić information content (AvgIpc) is 2.60. The smallest absolute Gasteiger partial charge is 0.0997 e. The highest BCUT2D eigenvalue weighted by molar-refractivity contribution is 6.17. The molecule has 0 radical (unpaired) electrons. The summed E-state index contributed by atoms with van der Waals surface area (Å²) in [4.78, 5) is 8.33.